The Morgan fingerprint density at radius 3 is 2.76 bits per heavy atom. The van der Waals surface area contributed by atoms with Crippen molar-refractivity contribution < 1.29 is 9.53 Å². The molecule has 0 saturated carbocycles. The first-order valence-electron chi connectivity index (χ1n) is 9.26. The number of amides is 1. The molecule has 8 heteroatoms. The number of pyridine rings is 1. The highest BCUT2D eigenvalue weighted by Crippen LogP contribution is 2.17. The lowest BCUT2D eigenvalue weighted by atomic mass is 10.1. The third kappa shape index (κ3) is 4.77. The number of benzene rings is 1. The minimum Gasteiger partial charge on any atom is -0.374 e. The van der Waals surface area contributed by atoms with Crippen molar-refractivity contribution in [3.05, 3.63) is 65.1 Å². The molecule has 1 atom stereocenters. The third-order valence-corrected chi connectivity index (χ3v) is 4.56. The minimum atomic E-state index is -1.06. The largest absolute Gasteiger partial charge is 0.374 e. The maximum atomic E-state index is 12.5. The van der Waals surface area contributed by atoms with Crippen LogP contribution in [0.5, 0.6) is 0 Å². The second-order valence-electron chi connectivity index (χ2n) is 7.51. The van der Waals surface area contributed by atoms with E-state index in [-0.39, 0.29) is 12.5 Å². The summed E-state index contributed by atoms with van der Waals surface area (Å²) in [7, 11) is 0. The van der Waals surface area contributed by atoms with Crippen LogP contribution in [0.1, 0.15) is 42.4 Å². The number of ether oxygens (including phenoxy) is 1. The molecule has 1 aromatic carbocycles. The van der Waals surface area contributed by atoms with E-state index in [4.69, 9.17) is 10.5 Å². The van der Waals surface area contributed by atoms with E-state index in [1.54, 1.807) is 36.6 Å². The van der Waals surface area contributed by atoms with Crippen LogP contribution in [0.2, 0.25) is 0 Å². The topological polar surface area (TPSA) is 118 Å². The number of aryl methyl sites for hydroxylation is 1. The lowest BCUT2D eigenvalue weighted by Gasteiger charge is -2.23. The second kappa shape index (κ2) is 8.39. The van der Waals surface area contributed by atoms with E-state index >= 15 is 0 Å². The van der Waals surface area contributed by atoms with Gasteiger partial charge in [-0.25, -0.2) is 0 Å². The van der Waals surface area contributed by atoms with Gasteiger partial charge in [-0.1, -0.05) is 24.3 Å². The van der Waals surface area contributed by atoms with E-state index in [0.29, 0.717) is 23.6 Å². The molecule has 8 nitrogen and oxygen atoms in total. The zero-order chi connectivity index (χ0) is 21.0. The van der Waals surface area contributed by atoms with Crippen LogP contribution >= 0.6 is 0 Å². The van der Waals surface area contributed by atoms with Crippen LogP contribution < -0.4 is 11.1 Å². The number of carbonyl (C=O) groups is 1. The van der Waals surface area contributed by atoms with Crippen LogP contribution in [-0.4, -0.2) is 32.7 Å². The van der Waals surface area contributed by atoms with Gasteiger partial charge in [-0.3, -0.25) is 9.20 Å². The average Bonchev–Trinajstić information content (AvgIpc) is 3.10. The molecule has 3 N–H and O–H groups in total. The molecular formula is C21H24N6O2. The molecule has 0 unspecified atom stereocenters. The number of aromatic nitrogens is 3. The molecule has 3 aromatic rings. The number of hydrogen-bond donors (Lipinski definition) is 2. The van der Waals surface area contributed by atoms with Gasteiger partial charge in [0, 0.05) is 6.20 Å². The number of nitrogens with two attached hydrogens (primary N) is 1. The lowest BCUT2D eigenvalue weighted by molar-refractivity contribution is -0.126. The molecule has 0 radical (unpaired) electrons. The number of rotatable bonds is 7. The van der Waals surface area contributed by atoms with Crippen LogP contribution in [0, 0.1) is 18.3 Å². The summed E-state index contributed by atoms with van der Waals surface area (Å²) in [5.41, 5.74) is 8.10. The minimum absolute atomic E-state index is 0.174. The highest BCUT2D eigenvalue weighted by molar-refractivity contribution is 5.85. The van der Waals surface area contributed by atoms with E-state index in [1.165, 1.54) is 0 Å². The molecule has 0 bridgehead atoms. The molecular weight excluding hydrogens is 368 g/mol. The fourth-order valence-corrected chi connectivity index (χ4v) is 2.80. The van der Waals surface area contributed by atoms with Crippen LogP contribution in [0.25, 0.3) is 5.65 Å². The number of fused-ring (bicyclic) bond motifs is 1. The average molecular weight is 392 g/mol. The van der Waals surface area contributed by atoms with Crippen LogP contribution in [-0.2, 0) is 16.1 Å². The van der Waals surface area contributed by atoms with Gasteiger partial charge >= 0.3 is 0 Å². The van der Waals surface area contributed by atoms with Gasteiger partial charge in [0.2, 0.25) is 5.91 Å². The Morgan fingerprint density at radius 1 is 1.31 bits per heavy atom. The molecule has 3 rings (SSSR count). The molecule has 1 amide bonds. The molecule has 0 spiro atoms. The predicted octanol–water partition coefficient (Wildman–Crippen LogP) is 2.02. The van der Waals surface area contributed by atoms with E-state index < -0.39 is 11.6 Å². The molecule has 0 saturated heterocycles. The number of nitrogens with zero attached hydrogens (tertiary/aromatic N) is 4. The maximum absolute atomic E-state index is 12.5. The highest BCUT2D eigenvalue weighted by Gasteiger charge is 2.28. The maximum Gasteiger partial charge on any atom is 0.240 e. The summed E-state index contributed by atoms with van der Waals surface area (Å²) in [5, 5.41) is 20.4. The Bertz CT molecular complexity index is 1060. The zero-order valence-corrected chi connectivity index (χ0v) is 16.7. The van der Waals surface area contributed by atoms with Crippen LogP contribution in [0.4, 0.5) is 0 Å². The summed E-state index contributed by atoms with van der Waals surface area (Å²) in [4.78, 5) is 12.5. The van der Waals surface area contributed by atoms with Crippen molar-refractivity contribution in [2.75, 3.05) is 6.61 Å². The zero-order valence-electron chi connectivity index (χ0n) is 16.7. The van der Waals surface area contributed by atoms with Crippen molar-refractivity contribution in [3.8, 4) is 6.07 Å². The van der Waals surface area contributed by atoms with Crippen molar-refractivity contribution in [3.63, 3.8) is 0 Å². The van der Waals surface area contributed by atoms with Gasteiger partial charge < -0.3 is 15.8 Å². The quantitative estimate of drug-likeness (QED) is 0.635. The molecule has 2 heterocycles. The van der Waals surface area contributed by atoms with Crippen molar-refractivity contribution in [2.45, 2.75) is 39.0 Å². The normalized spacial score (nSPS) is 12.5. The van der Waals surface area contributed by atoms with Gasteiger partial charge in [0.25, 0.3) is 0 Å². The second-order valence-corrected chi connectivity index (χ2v) is 7.51. The van der Waals surface area contributed by atoms with Crippen molar-refractivity contribution >= 4 is 11.6 Å². The third-order valence-electron chi connectivity index (χ3n) is 4.56. The molecule has 150 valence electrons. The first-order chi connectivity index (χ1) is 13.8. The Labute approximate surface area is 169 Å². The van der Waals surface area contributed by atoms with Gasteiger partial charge in [0.05, 0.1) is 24.3 Å². The van der Waals surface area contributed by atoms with Crippen molar-refractivity contribution in [1.82, 2.24) is 19.9 Å². The Hall–Kier alpha value is -3.28. The van der Waals surface area contributed by atoms with E-state index in [9.17, 15) is 10.1 Å². The molecule has 0 fully saturated rings. The molecule has 0 aliphatic heterocycles. The Morgan fingerprint density at radius 2 is 2.07 bits per heavy atom. The number of nitriles is 1. The van der Waals surface area contributed by atoms with E-state index in [2.05, 4.69) is 21.6 Å². The van der Waals surface area contributed by atoms with Crippen molar-refractivity contribution in [1.29, 1.82) is 5.26 Å². The predicted molar refractivity (Wildman–Crippen MR) is 108 cm³/mol. The summed E-state index contributed by atoms with van der Waals surface area (Å²) in [6.45, 7) is 5.84. The van der Waals surface area contributed by atoms with E-state index in [0.717, 1.165) is 11.1 Å². The van der Waals surface area contributed by atoms with Gasteiger partial charge in [-0.15, -0.1) is 10.2 Å². The first kappa shape index (κ1) is 20.5. The Balaban J connectivity index is 1.86. The molecule has 2 aromatic heterocycles. The summed E-state index contributed by atoms with van der Waals surface area (Å²) in [6.07, 6.45) is 1.64. The van der Waals surface area contributed by atoms with Gasteiger partial charge in [-0.05, 0) is 44.0 Å². The first-order valence-corrected chi connectivity index (χ1v) is 9.26. The molecule has 0 aliphatic rings. The standard InChI is InChI=1S/C21H24N6O2/c1-14-6-4-5-7-16(14)12-29-13-17(24-20(28)21(2,3)23)19-26-25-18-9-8-15(10-22)11-27(18)19/h4-9,11,17H,12-13,23H2,1-3H3,(H,24,28)/t17-/m1/s1. The SMILES string of the molecule is Cc1ccccc1COC[C@@H](NC(=O)C(C)(C)N)c1nnc2ccc(C#N)cn12. The Kier molecular flexibility index (Phi) is 5.92. The fourth-order valence-electron chi connectivity index (χ4n) is 2.80. The van der Waals surface area contributed by atoms with E-state index in [1.807, 2.05) is 31.2 Å². The number of nitrogens with one attached hydrogen (secondary N) is 1. The van der Waals surface area contributed by atoms with Gasteiger partial charge in [0.15, 0.2) is 11.5 Å². The van der Waals surface area contributed by atoms with Crippen LogP contribution in [0.3, 0.4) is 0 Å². The molecule has 0 aliphatic carbocycles. The number of carbonyl (C=O) groups excluding carboxylic acids is 1. The van der Waals surface area contributed by atoms with Crippen LogP contribution in [0.15, 0.2) is 42.6 Å². The molecule has 29 heavy (non-hydrogen) atoms. The summed E-state index contributed by atoms with van der Waals surface area (Å²) in [5.74, 6) is 0.134. The summed E-state index contributed by atoms with van der Waals surface area (Å²) >= 11 is 0. The van der Waals surface area contributed by atoms with Crippen molar-refractivity contribution in [2.24, 2.45) is 5.73 Å². The summed E-state index contributed by atoms with van der Waals surface area (Å²) in [6, 6.07) is 12.8. The highest BCUT2D eigenvalue weighted by atomic mass is 16.5. The smallest absolute Gasteiger partial charge is 0.240 e. The number of hydrogen-bond acceptors (Lipinski definition) is 6. The van der Waals surface area contributed by atoms with Gasteiger partial charge in [0.1, 0.15) is 12.1 Å². The monoisotopic (exact) mass is 392 g/mol. The summed E-state index contributed by atoms with van der Waals surface area (Å²) < 4.78 is 7.59. The van der Waals surface area contributed by atoms with Gasteiger partial charge in [-0.2, -0.15) is 5.26 Å². The lowest BCUT2D eigenvalue weighted by Crippen LogP contribution is -2.50. The fraction of sp³-hybridized carbons (Fsp3) is 0.333.